The third-order valence-corrected chi connectivity index (χ3v) is 4.23. The fourth-order valence-corrected chi connectivity index (χ4v) is 2.95. The van der Waals surface area contributed by atoms with Crippen molar-refractivity contribution in [2.45, 2.75) is 45.2 Å². The first-order valence-electron chi connectivity index (χ1n) is 7.49. The molecule has 1 fully saturated rings. The summed E-state index contributed by atoms with van der Waals surface area (Å²) >= 11 is 0. The van der Waals surface area contributed by atoms with Gasteiger partial charge in [-0.1, -0.05) is 31.9 Å². The van der Waals surface area contributed by atoms with E-state index in [9.17, 15) is 0 Å². The minimum absolute atomic E-state index is 0.630. The largest absolute Gasteiger partial charge is 0.382 e. The molecule has 0 saturated heterocycles. The molecule has 1 aliphatic rings. The van der Waals surface area contributed by atoms with Crippen molar-refractivity contribution in [3.8, 4) is 0 Å². The summed E-state index contributed by atoms with van der Waals surface area (Å²) in [6.45, 7) is 3.13. The van der Waals surface area contributed by atoms with E-state index in [4.69, 9.17) is 0 Å². The number of hydrogen-bond donors (Lipinski definition) is 1. The Morgan fingerprint density at radius 1 is 1.20 bits per heavy atom. The number of rotatable bonds is 4. The summed E-state index contributed by atoms with van der Waals surface area (Å²) in [6.07, 6.45) is 8.70. The first-order valence-corrected chi connectivity index (χ1v) is 7.49. The van der Waals surface area contributed by atoms with Crippen LogP contribution in [0.25, 0.3) is 0 Å². The van der Waals surface area contributed by atoms with Crippen molar-refractivity contribution in [2.24, 2.45) is 5.92 Å². The molecule has 0 amide bonds. The van der Waals surface area contributed by atoms with Gasteiger partial charge < -0.3 is 5.32 Å². The maximum atomic E-state index is 4.13. The van der Waals surface area contributed by atoms with E-state index in [0.717, 1.165) is 12.5 Å². The molecule has 2 aromatic rings. The van der Waals surface area contributed by atoms with Crippen LogP contribution < -0.4 is 5.32 Å². The first kappa shape index (κ1) is 13.2. The molecule has 2 unspecified atom stereocenters. The molecule has 0 radical (unpaired) electrons. The smallest absolute Gasteiger partial charge is 0.137 e. The molecule has 2 atom stereocenters. The molecule has 0 spiro atoms. The zero-order chi connectivity index (χ0) is 13.8. The minimum atomic E-state index is 0.630. The summed E-state index contributed by atoms with van der Waals surface area (Å²) in [5.74, 6) is 0.776. The Bertz CT molecular complexity index is 518. The van der Waals surface area contributed by atoms with Gasteiger partial charge in [-0.3, -0.25) is 0 Å². The quantitative estimate of drug-likeness (QED) is 0.926. The Morgan fingerprint density at radius 3 is 2.70 bits per heavy atom. The second-order valence-electron chi connectivity index (χ2n) is 5.80. The fraction of sp³-hybridized carbons (Fsp3) is 0.500. The zero-order valence-electron chi connectivity index (χ0n) is 12.0. The van der Waals surface area contributed by atoms with E-state index in [1.807, 2.05) is 4.68 Å². The summed E-state index contributed by atoms with van der Waals surface area (Å²) in [6, 6.07) is 9.31. The summed E-state index contributed by atoms with van der Waals surface area (Å²) in [7, 11) is 0. The topological polar surface area (TPSA) is 42.7 Å². The zero-order valence-corrected chi connectivity index (χ0v) is 12.0. The molecule has 1 aliphatic carbocycles. The Kier molecular flexibility index (Phi) is 4.00. The van der Waals surface area contributed by atoms with Gasteiger partial charge in [0, 0.05) is 11.7 Å². The third-order valence-electron chi connectivity index (χ3n) is 4.23. The third kappa shape index (κ3) is 3.18. The van der Waals surface area contributed by atoms with Crippen LogP contribution in [0, 0.1) is 5.92 Å². The lowest BCUT2D eigenvalue weighted by Gasteiger charge is -2.30. The first-order chi connectivity index (χ1) is 9.81. The Morgan fingerprint density at radius 2 is 2.00 bits per heavy atom. The van der Waals surface area contributed by atoms with Crippen molar-refractivity contribution in [2.75, 3.05) is 5.32 Å². The molecule has 0 bridgehead atoms. The van der Waals surface area contributed by atoms with Crippen LogP contribution in [0.2, 0.25) is 0 Å². The summed E-state index contributed by atoms with van der Waals surface area (Å²) < 4.78 is 1.84. The summed E-state index contributed by atoms with van der Waals surface area (Å²) in [5.41, 5.74) is 2.48. The number of aromatic nitrogens is 3. The van der Waals surface area contributed by atoms with Gasteiger partial charge in [-0.2, -0.15) is 5.10 Å². The maximum absolute atomic E-state index is 4.13. The highest BCUT2D eigenvalue weighted by Gasteiger charge is 2.20. The molecular weight excluding hydrogens is 248 g/mol. The fourth-order valence-electron chi connectivity index (χ4n) is 2.95. The second kappa shape index (κ2) is 6.07. The molecule has 1 heterocycles. The van der Waals surface area contributed by atoms with E-state index < -0.39 is 0 Å². The van der Waals surface area contributed by atoms with E-state index in [1.54, 1.807) is 12.7 Å². The Labute approximate surface area is 120 Å². The van der Waals surface area contributed by atoms with E-state index in [-0.39, 0.29) is 0 Å². The number of anilines is 1. The summed E-state index contributed by atoms with van der Waals surface area (Å²) in [5, 5.41) is 7.81. The van der Waals surface area contributed by atoms with Crippen molar-refractivity contribution in [3.05, 3.63) is 42.5 Å². The maximum Gasteiger partial charge on any atom is 0.137 e. The summed E-state index contributed by atoms with van der Waals surface area (Å²) in [4.78, 5) is 3.96. The predicted octanol–water partition coefficient (Wildman–Crippen LogP) is 3.32. The van der Waals surface area contributed by atoms with Crippen molar-refractivity contribution in [1.29, 1.82) is 0 Å². The lowest BCUT2D eigenvalue weighted by Crippen LogP contribution is -2.30. The van der Waals surface area contributed by atoms with Gasteiger partial charge in [0.2, 0.25) is 0 Å². The molecule has 20 heavy (non-hydrogen) atoms. The normalized spacial score (nSPS) is 22.6. The molecule has 1 N–H and O–H groups in total. The van der Waals surface area contributed by atoms with Crippen molar-refractivity contribution in [1.82, 2.24) is 14.8 Å². The highest BCUT2D eigenvalue weighted by molar-refractivity contribution is 5.45. The molecule has 1 aromatic carbocycles. The van der Waals surface area contributed by atoms with E-state index in [0.29, 0.717) is 6.04 Å². The van der Waals surface area contributed by atoms with Gasteiger partial charge in [-0.15, -0.1) is 0 Å². The lowest BCUT2D eigenvalue weighted by atomic mass is 9.86. The monoisotopic (exact) mass is 270 g/mol. The number of hydrogen-bond acceptors (Lipinski definition) is 3. The van der Waals surface area contributed by atoms with Crippen molar-refractivity contribution < 1.29 is 0 Å². The SMILES string of the molecule is CC1CCCCC1Nc1ccc(Cn2cncn2)cc1. The van der Waals surface area contributed by atoms with Gasteiger partial charge in [0.25, 0.3) is 0 Å². The van der Waals surface area contributed by atoms with Gasteiger partial charge >= 0.3 is 0 Å². The van der Waals surface area contributed by atoms with Gasteiger partial charge in [-0.25, -0.2) is 9.67 Å². The van der Waals surface area contributed by atoms with E-state index in [2.05, 4.69) is 46.6 Å². The number of benzene rings is 1. The average Bonchev–Trinajstić information content (AvgIpc) is 2.96. The molecule has 4 nitrogen and oxygen atoms in total. The van der Waals surface area contributed by atoms with Crippen LogP contribution in [0.3, 0.4) is 0 Å². The standard InChI is InChI=1S/C16H22N4/c1-13-4-2-3-5-16(13)19-15-8-6-14(7-9-15)10-20-12-17-11-18-20/h6-9,11-13,16,19H,2-5,10H2,1H3. The molecular formula is C16H22N4. The second-order valence-corrected chi connectivity index (χ2v) is 5.80. The van der Waals surface area contributed by atoms with E-state index >= 15 is 0 Å². The molecule has 106 valence electrons. The average molecular weight is 270 g/mol. The van der Waals surface area contributed by atoms with Gasteiger partial charge in [0.1, 0.15) is 12.7 Å². The minimum Gasteiger partial charge on any atom is -0.382 e. The van der Waals surface area contributed by atoms with Crippen molar-refractivity contribution >= 4 is 5.69 Å². The van der Waals surface area contributed by atoms with Crippen LogP contribution in [-0.4, -0.2) is 20.8 Å². The number of nitrogens with one attached hydrogen (secondary N) is 1. The molecule has 0 aliphatic heterocycles. The molecule has 1 aromatic heterocycles. The predicted molar refractivity (Wildman–Crippen MR) is 80.6 cm³/mol. The van der Waals surface area contributed by atoms with Crippen LogP contribution in [0.4, 0.5) is 5.69 Å². The molecule has 1 saturated carbocycles. The van der Waals surface area contributed by atoms with Gasteiger partial charge in [0.15, 0.2) is 0 Å². The molecule has 3 rings (SSSR count). The Hall–Kier alpha value is -1.84. The Balaban J connectivity index is 1.61. The highest BCUT2D eigenvalue weighted by Crippen LogP contribution is 2.26. The lowest BCUT2D eigenvalue weighted by molar-refractivity contribution is 0.349. The molecule has 4 heteroatoms. The van der Waals surface area contributed by atoms with Crippen LogP contribution in [-0.2, 0) is 6.54 Å². The van der Waals surface area contributed by atoms with E-state index in [1.165, 1.54) is 36.9 Å². The van der Waals surface area contributed by atoms with Crippen LogP contribution >= 0.6 is 0 Å². The van der Waals surface area contributed by atoms with Crippen LogP contribution in [0.5, 0.6) is 0 Å². The van der Waals surface area contributed by atoms with Gasteiger partial charge in [-0.05, 0) is 36.5 Å². The number of nitrogens with zero attached hydrogens (tertiary/aromatic N) is 3. The highest BCUT2D eigenvalue weighted by atomic mass is 15.3. The van der Waals surface area contributed by atoms with Crippen LogP contribution in [0.15, 0.2) is 36.9 Å². The van der Waals surface area contributed by atoms with Crippen LogP contribution in [0.1, 0.15) is 38.2 Å². The van der Waals surface area contributed by atoms with Crippen molar-refractivity contribution in [3.63, 3.8) is 0 Å². The van der Waals surface area contributed by atoms with Gasteiger partial charge in [0.05, 0.1) is 6.54 Å².